The Hall–Kier alpha value is -1.99. The standard InChI is InChI=1S/C16H29N3O5/c1-14(2,3)23-12(21)17-16(11(20)18(7)8)9-19(10-16)13(22)24-15(4,5)6/h9-10H2,1-8H3,(H,17,21). The zero-order valence-corrected chi connectivity index (χ0v) is 15.8. The zero-order valence-electron chi connectivity index (χ0n) is 15.8. The van der Waals surface area contributed by atoms with E-state index in [1.807, 2.05) is 0 Å². The van der Waals surface area contributed by atoms with E-state index in [0.717, 1.165) is 0 Å². The first-order valence-electron chi connectivity index (χ1n) is 7.86. The molecule has 1 heterocycles. The fraction of sp³-hybridized carbons (Fsp3) is 0.812. The van der Waals surface area contributed by atoms with Crippen LogP contribution in [0.25, 0.3) is 0 Å². The molecule has 0 bridgehead atoms. The number of likely N-dealkylation sites (tertiary alicyclic amines) is 1. The number of amides is 3. The summed E-state index contributed by atoms with van der Waals surface area (Å²) >= 11 is 0. The summed E-state index contributed by atoms with van der Waals surface area (Å²) < 4.78 is 10.5. The summed E-state index contributed by atoms with van der Waals surface area (Å²) in [6.45, 7) is 10.6. The van der Waals surface area contributed by atoms with Crippen molar-refractivity contribution in [1.29, 1.82) is 0 Å². The molecule has 8 heteroatoms. The summed E-state index contributed by atoms with van der Waals surface area (Å²) in [6, 6.07) is 0. The number of ether oxygens (including phenoxy) is 2. The predicted octanol–water partition coefficient (Wildman–Crippen LogP) is 1.59. The zero-order chi connectivity index (χ0) is 18.9. The Morgan fingerprint density at radius 3 is 1.79 bits per heavy atom. The van der Waals surface area contributed by atoms with E-state index < -0.39 is 28.9 Å². The first-order valence-corrected chi connectivity index (χ1v) is 7.86. The van der Waals surface area contributed by atoms with E-state index in [1.54, 1.807) is 55.6 Å². The fourth-order valence-electron chi connectivity index (χ4n) is 2.26. The van der Waals surface area contributed by atoms with Crippen molar-refractivity contribution in [2.75, 3.05) is 27.2 Å². The lowest BCUT2D eigenvalue weighted by Crippen LogP contribution is -2.77. The van der Waals surface area contributed by atoms with Crippen LogP contribution in [0.5, 0.6) is 0 Å². The molecule has 0 aromatic rings. The Morgan fingerprint density at radius 2 is 1.42 bits per heavy atom. The van der Waals surface area contributed by atoms with E-state index in [0.29, 0.717) is 0 Å². The molecule has 0 atom stereocenters. The summed E-state index contributed by atoms with van der Waals surface area (Å²) in [7, 11) is 3.19. The summed E-state index contributed by atoms with van der Waals surface area (Å²) in [5.41, 5.74) is -2.50. The largest absolute Gasteiger partial charge is 0.444 e. The second-order valence-electron chi connectivity index (χ2n) is 8.24. The van der Waals surface area contributed by atoms with Crippen molar-refractivity contribution in [1.82, 2.24) is 15.1 Å². The van der Waals surface area contributed by atoms with Crippen molar-refractivity contribution in [2.24, 2.45) is 0 Å². The molecule has 0 saturated carbocycles. The highest BCUT2D eigenvalue weighted by atomic mass is 16.6. The molecule has 1 aliphatic rings. The molecule has 8 nitrogen and oxygen atoms in total. The number of nitrogens with one attached hydrogen (secondary N) is 1. The number of likely N-dealkylation sites (N-methyl/N-ethyl adjacent to an activating group) is 1. The summed E-state index contributed by atoms with van der Waals surface area (Å²) in [4.78, 5) is 39.4. The van der Waals surface area contributed by atoms with E-state index in [-0.39, 0.29) is 19.0 Å². The average Bonchev–Trinajstić information content (AvgIpc) is 2.27. The second-order valence-corrected chi connectivity index (χ2v) is 8.24. The molecule has 0 unspecified atom stereocenters. The summed E-state index contributed by atoms with van der Waals surface area (Å²) in [5.74, 6) is -0.298. The first-order chi connectivity index (χ1) is 10.7. The van der Waals surface area contributed by atoms with Crippen LogP contribution in [0.3, 0.4) is 0 Å². The normalized spacial score (nSPS) is 16.8. The highest BCUT2D eigenvalue weighted by molar-refractivity contribution is 5.93. The first kappa shape index (κ1) is 20.1. The van der Waals surface area contributed by atoms with Gasteiger partial charge in [0.2, 0.25) is 0 Å². The molecule has 138 valence electrons. The van der Waals surface area contributed by atoms with Gasteiger partial charge in [0.25, 0.3) is 5.91 Å². The van der Waals surface area contributed by atoms with Gasteiger partial charge in [0.15, 0.2) is 5.54 Å². The molecule has 0 radical (unpaired) electrons. The number of hydrogen-bond donors (Lipinski definition) is 1. The summed E-state index contributed by atoms with van der Waals surface area (Å²) in [6.07, 6.45) is -1.21. The van der Waals surface area contributed by atoms with Crippen molar-refractivity contribution in [3.63, 3.8) is 0 Å². The molecular weight excluding hydrogens is 314 g/mol. The predicted molar refractivity (Wildman–Crippen MR) is 88.6 cm³/mol. The lowest BCUT2D eigenvalue weighted by molar-refractivity contribution is -0.142. The molecule has 1 aliphatic heterocycles. The molecule has 1 saturated heterocycles. The van der Waals surface area contributed by atoms with Gasteiger partial charge in [-0.25, -0.2) is 9.59 Å². The van der Waals surface area contributed by atoms with Gasteiger partial charge in [-0.05, 0) is 41.5 Å². The third-order valence-corrected chi connectivity index (χ3v) is 3.13. The van der Waals surface area contributed by atoms with E-state index in [1.165, 1.54) is 9.80 Å². The smallest absolute Gasteiger partial charge is 0.410 e. The third kappa shape index (κ3) is 5.28. The van der Waals surface area contributed by atoms with Gasteiger partial charge in [0.1, 0.15) is 11.2 Å². The Bertz CT molecular complexity index is 511. The molecule has 0 aromatic carbocycles. The Morgan fingerprint density at radius 1 is 0.958 bits per heavy atom. The molecule has 1 rings (SSSR count). The second kappa shape index (κ2) is 6.49. The molecule has 0 spiro atoms. The van der Waals surface area contributed by atoms with Crippen LogP contribution in [-0.4, -0.2) is 71.8 Å². The van der Waals surface area contributed by atoms with E-state index >= 15 is 0 Å². The van der Waals surface area contributed by atoms with Crippen molar-refractivity contribution in [3.8, 4) is 0 Å². The maximum atomic E-state index is 12.5. The molecule has 24 heavy (non-hydrogen) atoms. The maximum Gasteiger partial charge on any atom is 0.410 e. The van der Waals surface area contributed by atoms with Crippen LogP contribution in [0.4, 0.5) is 9.59 Å². The molecule has 1 N–H and O–H groups in total. The highest BCUT2D eigenvalue weighted by Gasteiger charge is 2.54. The van der Waals surface area contributed by atoms with Crippen molar-refractivity contribution >= 4 is 18.1 Å². The summed E-state index contributed by atoms with van der Waals surface area (Å²) in [5, 5.41) is 2.61. The minimum absolute atomic E-state index is 0.0399. The van der Waals surface area contributed by atoms with Gasteiger partial charge in [-0.2, -0.15) is 0 Å². The van der Waals surface area contributed by atoms with Crippen LogP contribution >= 0.6 is 0 Å². The SMILES string of the molecule is CN(C)C(=O)C1(NC(=O)OC(C)(C)C)CN(C(=O)OC(C)(C)C)C1. The molecule has 0 aromatic heterocycles. The van der Waals surface area contributed by atoms with E-state index in [2.05, 4.69) is 5.32 Å². The van der Waals surface area contributed by atoms with Crippen molar-refractivity contribution in [2.45, 2.75) is 58.3 Å². The number of rotatable bonds is 2. The van der Waals surface area contributed by atoms with Gasteiger partial charge in [-0.3, -0.25) is 4.79 Å². The van der Waals surface area contributed by atoms with Crippen LogP contribution in [-0.2, 0) is 14.3 Å². The Kier molecular flexibility index (Phi) is 5.42. The third-order valence-electron chi connectivity index (χ3n) is 3.13. The monoisotopic (exact) mass is 343 g/mol. The van der Waals surface area contributed by atoms with Gasteiger partial charge in [-0.1, -0.05) is 0 Å². The van der Waals surface area contributed by atoms with Crippen molar-refractivity contribution in [3.05, 3.63) is 0 Å². The van der Waals surface area contributed by atoms with E-state index in [9.17, 15) is 14.4 Å². The van der Waals surface area contributed by atoms with Gasteiger partial charge < -0.3 is 24.6 Å². The average molecular weight is 343 g/mol. The lowest BCUT2D eigenvalue weighted by Gasteiger charge is -2.49. The maximum absolute atomic E-state index is 12.5. The quantitative estimate of drug-likeness (QED) is 0.822. The van der Waals surface area contributed by atoms with Gasteiger partial charge in [-0.15, -0.1) is 0 Å². The fourth-order valence-corrected chi connectivity index (χ4v) is 2.26. The molecule has 3 amide bonds. The molecule has 1 fully saturated rings. The van der Waals surface area contributed by atoms with Crippen LogP contribution in [0.2, 0.25) is 0 Å². The molecule has 0 aliphatic carbocycles. The highest BCUT2D eigenvalue weighted by Crippen LogP contribution is 2.26. The lowest BCUT2D eigenvalue weighted by atomic mass is 9.88. The van der Waals surface area contributed by atoms with Crippen LogP contribution in [0, 0.1) is 0 Å². The Labute approximate surface area is 143 Å². The van der Waals surface area contributed by atoms with Gasteiger partial charge >= 0.3 is 12.2 Å². The van der Waals surface area contributed by atoms with Crippen molar-refractivity contribution < 1.29 is 23.9 Å². The molecular formula is C16H29N3O5. The van der Waals surface area contributed by atoms with E-state index in [4.69, 9.17) is 9.47 Å². The van der Waals surface area contributed by atoms with Crippen LogP contribution < -0.4 is 5.32 Å². The topological polar surface area (TPSA) is 88.2 Å². The van der Waals surface area contributed by atoms with Gasteiger partial charge in [0, 0.05) is 14.1 Å². The van der Waals surface area contributed by atoms with Crippen LogP contribution in [0.1, 0.15) is 41.5 Å². The number of carbonyl (C=O) groups is 3. The van der Waals surface area contributed by atoms with Crippen LogP contribution in [0.15, 0.2) is 0 Å². The number of nitrogens with zero attached hydrogens (tertiary/aromatic N) is 2. The number of hydrogen-bond acceptors (Lipinski definition) is 5. The van der Waals surface area contributed by atoms with Gasteiger partial charge in [0.05, 0.1) is 13.1 Å². The number of alkyl carbamates (subject to hydrolysis) is 1. The minimum Gasteiger partial charge on any atom is -0.444 e. The number of carbonyl (C=O) groups excluding carboxylic acids is 3. The minimum atomic E-state index is -1.19. The Balaban J connectivity index is 2.81.